The molecule has 0 radical (unpaired) electrons. The fourth-order valence-electron chi connectivity index (χ4n) is 2.59. The molecule has 3 rings (SSSR count). The fourth-order valence-corrected chi connectivity index (χ4v) is 3.39. The van der Waals surface area contributed by atoms with E-state index in [1.165, 1.54) is 23.4 Å². The van der Waals surface area contributed by atoms with Gasteiger partial charge in [-0.15, -0.1) is 10.2 Å². The minimum absolute atomic E-state index is 0.0285. The summed E-state index contributed by atoms with van der Waals surface area (Å²) in [4.78, 5) is 12.4. The van der Waals surface area contributed by atoms with Gasteiger partial charge in [-0.05, 0) is 23.6 Å². The predicted molar refractivity (Wildman–Crippen MR) is 102 cm³/mol. The van der Waals surface area contributed by atoms with Gasteiger partial charge in [0.2, 0.25) is 0 Å². The minimum atomic E-state index is -0.346. The van der Waals surface area contributed by atoms with Gasteiger partial charge in [0.15, 0.2) is 16.8 Å². The highest BCUT2D eigenvalue weighted by Crippen LogP contribution is 2.25. The first kappa shape index (κ1) is 18.3. The molecular formula is C20H20FN3OS. The maximum atomic E-state index is 13.9. The number of hydrogen-bond donors (Lipinski definition) is 0. The molecular weight excluding hydrogens is 349 g/mol. The topological polar surface area (TPSA) is 47.8 Å². The van der Waals surface area contributed by atoms with Crippen molar-refractivity contribution in [1.82, 2.24) is 14.8 Å². The SMILES string of the molecule is CC(C)c1ccc(C(=O)CSc2nnc(-c3ccccc3F)n2C)cc1. The largest absolute Gasteiger partial charge is 0.305 e. The zero-order valence-electron chi connectivity index (χ0n) is 14.9. The highest BCUT2D eigenvalue weighted by molar-refractivity contribution is 7.99. The van der Waals surface area contributed by atoms with E-state index in [1.807, 2.05) is 24.3 Å². The second-order valence-corrected chi connectivity index (χ2v) is 7.28. The van der Waals surface area contributed by atoms with Gasteiger partial charge in [-0.1, -0.05) is 62.0 Å². The number of nitrogens with zero attached hydrogens (tertiary/aromatic N) is 3. The number of thioether (sulfide) groups is 1. The van der Waals surface area contributed by atoms with Gasteiger partial charge >= 0.3 is 0 Å². The van der Waals surface area contributed by atoms with E-state index in [4.69, 9.17) is 0 Å². The van der Waals surface area contributed by atoms with Crippen LogP contribution in [0.25, 0.3) is 11.4 Å². The molecule has 0 fully saturated rings. The molecule has 1 aromatic heterocycles. The summed E-state index contributed by atoms with van der Waals surface area (Å²) < 4.78 is 15.7. The number of ketones is 1. The number of halogens is 1. The van der Waals surface area contributed by atoms with Crippen molar-refractivity contribution in [3.05, 3.63) is 65.5 Å². The minimum Gasteiger partial charge on any atom is -0.305 e. The first-order valence-electron chi connectivity index (χ1n) is 8.37. The van der Waals surface area contributed by atoms with Gasteiger partial charge in [0, 0.05) is 12.6 Å². The number of benzene rings is 2. The van der Waals surface area contributed by atoms with Crippen molar-refractivity contribution in [3.63, 3.8) is 0 Å². The second-order valence-electron chi connectivity index (χ2n) is 6.33. The Bertz CT molecular complexity index is 919. The number of carbonyl (C=O) groups excluding carboxylic acids is 1. The van der Waals surface area contributed by atoms with Crippen LogP contribution in [0.4, 0.5) is 4.39 Å². The third-order valence-corrected chi connectivity index (χ3v) is 5.20. The smallest absolute Gasteiger partial charge is 0.191 e. The Morgan fingerprint density at radius 1 is 1.12 bits per heavy atom. The summed E-state index contributed by atoms with van der Waals surface area (Å²) in [6.45, 7) is 4.24. The molecule has 0 aliphatic carbocycles. The van der Waals surface area contributed by atoms with Crippen molar-refractivity contribution in [1.29, 1.82) is 0 Å². The van der Waals surface area contributed by atoms with Crippen molar-refractivity contribution in [2.24, 2.45) is 7.05 Å². The van der Waals surface area contributed by atoms with E-state index < -0.39 is 0 Å². The van der Waals surface area contributed by atoms with Gasteiger partial charge in [-0.3, -0.25) is 4.79 Å². The monoisotopic (exact) mass is 369 g/mol. The van der Waals surface area contributed by atoms with E-state index >= 15 is 0 Å². The molecule has 0 bridgehead atoms. The van der Waals surface area contributed by atoms with Crippen molar-refractivity contribution in [2.75, 3.05) is 5.75 Å². The molecule has 26 heavy (non-hydrogen) atoms. The van der Waals surface area contributed by atoms with E-state index in [1.54, 1.807) is 29.8 Å². The Balaban J connectivity index is 1.70. The van der Waals surface area contributed by atoms with Gasteiger partial charge in [0.05, 0.1) is 11.3 Å². The third kappa shape index (κ3) is 3.85. The van der Waals surface area contributed by atoms with Crippen LogP contribution < -0.4 is 0 Å². The predicted octanol–water partition coefficient (Wildman–Crippen LogP) is 4.72. The highest BCUT2D eigenvalue weighted by atomic mass is 32.2. The van der Waals surface area contributed by atoms with Crippen LogP contribution in [-0.2, 0) is 7.05 Å². The molecule has 1 heterocycles. The molecule has 3 aromatic rings. The highest BCUT2D eigenvalue weighted by Gasteiger charge is 2.16. The van der Waals surface area contributed by atoms with Crippen molar-refractivity contribution < 1.29 is 9.18 Å². The number of carbonyl (C=O) groups is 1. The molecule has 0 saturated carbocycles. The maximum Gasteiger partial charge on any atom is 0.191 e. The van der Waals surface area contributed by atoms with Gasteiger partial charge in [0.25, 0.3) is 0 Å². The van der Waals surface area contributed by atoms with Crippen LogP contribution in [-0.4, -0.2) is 26.3 Å². The lowest BCUT2D eigenvalue weighted by Crippen LogP contribution is -2.04. The standard InChI is InChI=1S/C20H20FN3OS/c1-13(2)14-8-10-15(11-9-14)18(25)12-26-20-23-22-19(24(20)3)16-6-4-5-7-17(16)21/h4-11,13H,12H2,1-3H3. The lowest BCUT2D eigenvalue weighted by molar-refractivity contribution is 0.102. The van der Waals surface area contributed by atoms with E-state index in [9.17, 15) is 9.18 Å². The van der Waals surface area contributed by atoms with Gasteiger partial charge in [-0.2, -0.15) is 0 Å². The third-order valence-electron chi connectivity index (χ3n) is 4.18. The van der Waals surface area contributed by atoms with Gasteiger partial charge in [0.1, 0.15) is 5.82 Å². The summed E-state index contributed by atoms with van der Waals surface area (Å²) in [7, 11) is 1.77. The Labute approximate surface area is 156 Å². The van der Waals surface area contributed by atoms with Crippen LogP contribution in [0.2, 0.25) is 0 Å². The van der Waals surface area contributed by atoms with Crippen molar-refractivity contribution in [3.8, 4) is 11.4 Å². The first-order valence-corrected chi connectivity index (χ1v) is 9.36. The molecule has 0 amide bonds. The average molecular weight is 369 g/mol. The molecule has 0 unspecified atom stereocenters. The molecule has 0 aliphatic rings. The van der Waals surface area contributed by atoms with Crippen LogP contribution >= 0.6 is 11.8 Å². The van der Waals surface area contributed by atoms with Crippen molar-refractivity contribution in [2.45, 2.75) is 24.9 Å². The molecule has 0 aliphatic heterocycles. The molecule has 6 heteroatoms. The molecule has 0 saturated heterocycles. The van der Waals surface area contributed by atoms with Crippen LogP contribution in [0.5, 0.6) is 0 Å². The van der Waals surface area contributed by atoms with E-state index in [2.05, 4.69) is 24.0 Å². The Hall–Kier alpha value is -2.47. The van der Waals surface area contributed by atoms with Crippen LogP contribution in [0.15, 0.2) is 53.7 Å². The lowest BCUT2D eigenvalue weighted by Gasteiger charge is -2.07. The van der Waals surface area contributed by atoms with Gasteiger partial charge < -0.3 is 4.57 Å². The van der Waals surface area contributed by atoms with Crippen LogP contribution in [0.1, 0.15) is 35.7 Å². The zero-order chi connectivity index (χ0) is 18.7. The summed E-state index contributed by atoms with van der Waals surface area (Å²) in [5, 5.41) is 8.74. The summed E-state index contributed by atoms with van der Waals surface area (Å²) in [6, 6.07) is 14.1. The Kier molecular flexibility index (Phi) is 5.52. The van der Waals surface area contributed by atoms with E-state index in [0.29, 0.717) is 28.0 Å². The number of hydrogen-bond acceptors (Lipinski definition) is 4. The molecule has 0 N–H and O–H groups in total. The summed E-state index contributed by atoms with van der Waals surface area (Å²) in [5.74, 6) is 0.814. The average Bonchev–Trinajstić information content (AvgIpc) is 3.00. The molecule has 0 atom stereocenters. The van der Waals surface area contributed by atoms with Crippen LogP contribution in [0.3, 0.4) is 0 Å². The summed E-state index contributed by atoms with van der Waals surface area (Å²) in [6.07, 6.45) is 0. The molecule has 4 nitrogen and oxygen atoms in total. The fraction of sp³-hybridized carbons (Fsp3) is 0.250. The van der Waals surface area contributed by atoms with Gasteiger partial charge in [-0.25, -0.2) is 4.39 Å². The normalized spacial score (nSPS) is 11.1. The second kappa shape index (κ2) is 7.83. The number of aromatic nitrogens is 3. The molecule has 0 spiro atoms. The number of Topliss-reactive ketones (excluding diaryl/α,β-unsaturated/α-hetero) is 1. The maximum absolute atomic E-state index is 13.9. The van der Waals surface area contributed by atoms with Crippen LogP contribution in [0, 0.1) is 5.82 Å². The molecule has 2 aromatic carbocycles. The first-order chi connectivity index (χ1) is 12.5. The quantitative estimate of drug-likeness (QED) is 0.466. The lowest BCUT2D eigenvalue weighted by atomic mass is 10.0. The van der Waals surface area contributed by atoms with E-state index in [0.717, 1.165) is 0 Å². The zero-order valence-corrected chi connectivity index (χ0v) is 15.8. The molecule has 134 valence electrons. The Morgan fingerprint density at radius 3 is 2.46 bits per heavy atom. The van der Waals surface area contributed by atoms with Crippen molar-refractivity contribution >= 4 is 17.5 Å². The van der Waals surface area contributed by atoms with E-state index in [-0.39, 0.29) is 17.4 Å². The number of rotatable bonds is 6. The summed E-state index contributed by atoms with van der Waals surface area (Å²) >= 11 is 1.30. The Morgan fingerprint density at radius 2 is 1.81 bits per heavy atom. The summed E-state index contributed by atoms with van der Waals surface area (Å²) in [5.41, 5.74) is 2.28.